The predicted molar refractivity (Wildman–Crippen MR) is 73.9 cm³/mol. The first kappa shape index (κ1) is 13.4. The van der Waals surface area contributed by atoms with Gasteiger partial charge in [-0.1, -0.05) is 23.7 Å². The van der Waals surface area contributed by atoms with Gasteiger partial charge in [0.2, 0.25) is 0 Å². The molecule has 1 aromatic heterocycles. The second kappa shape index (κ2) is 5.73. The van der Waals surface area contributed by atoms with E-state index in [1.807, 2.05) is 36.7 Å². The molecule has 0 fully saturated rings. The lowest BCUT2D eigenvalue weighted by Gasteiger charge is -2.12. The molecule has 1 unspecified atom stereocenters. The van der Waals surface area contributed by atoms with Crippen molar-refractivity contribution in [3.05, 3.63) is 35.1 Å². The smallest absolute Gasteiger partial charge is 0.195 e. The summed E-state index contributed by atoms with van der Waals surface area (Å²) in [6.45, 7) is 1.98. The van der Waals surface area contributed by atoms with Gasteiger partial charge in [0.1, 0.15) is 6.33 Å². The molecule has 1 heterocycles. The lowest BCUT2D eigenvalue weighted by atomic mass is 10.1. The van der Waals surface area contributed by atoms with Crippen molar-refractivity contribution in [2.45, 2.75) is 29.4 Å². The molecule has 4 nitrogen and oxygen atoms in total. The Morgan fingerprint density at radius 1 is 1.50 bits per heavy atom. The largest absolute Gasteiger partial charge is 0.328 e. The molecular weight excluding hydrogens is 268 g/mol. The van der Waals surface area contributed by atoms with Crippen LogP contribution in [-0.4, -0.2) is 20.8 Å². The van der Waals surface area contributed by atoms with Crippen LogP contribution in [0.1, 0.15) is 12.5 Å². The van der Waals surface area contributed by atoms with Crippen molar-refractivity contribution in [2.75, 3.05) is 0 Å². The molecule has 0 bridgehead atoms. The number of aromatic nitrogens is 3. The summed E-state index contributed by atoms with van der Waals surface area (Å²) in [5.74, 6) is 0. The molecular formula is C12H15ClN4S. The van der Waals surface area contributed by atoms with Gasteiger partial charge in [-0.3, -0.25) is 0 Å². The van der Waals surface area contributed by atoms with Crippen LogP contribution in [0.4, 0.5) is 0 Å². The molecule has 0 saturated heterocycles. The Labute approximate surface area is 116 Å². The van der Waals surface area contributed by atoms with E-state index in [0.29, 0.717) is 0 Å². The second-order valence-corrected chi connectivity index (χ2v) is 5.62. The summed E-state index contributed by atoms with van der Waals surface area (Å²) < 4.78 is 1.86. The molecule has 0 aliphatic heterocycles. The van der Waals surface area contributed by atoms with Gasteiger partial charge >= 0.3 is 0 Å². The number of hydrogen-bond donors (Lipinski definition) is 1. The minimum absolute atomic E-state index is 0.0994. The highest BCUT2D eigenvalue weighted by Crippen LogP contribution is 2.35. The van der Waals surface area contributed by atoms with E-state index >= 15 is 0 Å². The molecule has 96 valence electrons. The minimum atomic E-state index is 0.0994. The van der Waals surface area contributed by atoms with Gasteiger partial charge in [-0.05, 0) is 36.7 Å². The highest BCUT2D eigenvalue weighted by Gasteiger charge is 2.13. The fourth-order valence-electron chi connectivity index (χ4n) is 1.63. The fourth-order valence-corrected chi connectivity index (χ4v) is 2.85. The van der Waals surface area contributed by atoms with Crippen molar-refractivity contribution in [2.24, 2.45) is 12.8 Å². The fraction of sp³-hybridized carbons (Fsp3) is 0.333. The van der Waals surface area contributed by atoms with Crippen LogP contribution < -0.4 is 5.73 Å². The first-order chi connectivity index (χ1) is 8.58. The van der Waals surface area contributed by atoms with Crippen LogP contribution in [0.3, 0.4) is 0 Å². The zero-order chi connectivity index (χ0) is 13.1. The normalized spacial score (nSPS) is 12.7. The van der Waals surface area contributed by atoms with Gasteiger partial charge in [0.05, 0.1) is 5.02 Å². The predicted octanol–water partition coefficient (Wildman–Crippen LogP) is 2.51. The topological polar surface area (TPSA) is 56.7 Å². The van der Waals surface area contributed by atoms with E-state index in [-0.39, 0.29) is 6.04 Å². The quantitative estimate of drug-likeness (QED) is 0.936. The summed E-state index contributed by atoms with van der Waals surface area (Å²) >= 11 is 7.78. The van der Waals surface area contributed by atoms with Crippen molar-refractivity contribution in [1.82, 2.24) is 14.8 Å². The van der Waals surface area contributed by atoms with E-state index in [4.69, 9.17) is 17.3 Å². The standard InChI is InChI=1S/C12H15ClN4S/c1-8(14)6-9-4-3-5-10(13)11(9)18-12-16-15-7-17(12)2/h3-5,7-8H,6,14H2,1-2H3. The van der Waals surface area contributed by atoms with Crippen LogP contribution in [0.15, 0.2) is 34.6 Å². The first-order valence-electron chi connectivity index (χ1n) is 5.62. The van der Waals surface area contributed by atoms with E-state index < -0.39 is 0 Å². The van der Waals surface area contributed by atoms with Crippen LogP contribution in [0, 0.1) is 0 Å². The zero-order valence-corrected chi connectivity index (χ0v) is 11.9. The molecule has 0 aliphatic rings. The SMILES string of the molecule is CC(N)Cc1cccc(Cl)c1Sc1nncn1C. The maximum atomic E-state index is 6.26. The average molecular weight is 283 g/mol. The Morgan fingerprint density at radius 2 is 2.28 bits per heavy atom. The molecule has 18 heavy (non-hydrogen) atoms. The van der Waals surface area contributed by atoms with Crippen molar-refractivity contribution < 1.29 is 0 Å². The molecule has 0 amide bonds. The number of benzene rings is 1. The van der Waals surface area contributed by atoms with Gasteiger partial charge < -0.3 is 10.3 Å². The van der Waals surface area contributed by atoms with Gasteiger partial charge in [0.25, 0.3) is 0 Å². The molecule has 2 aromatic rings. The average Bonchev–Trinajstić information content (AvgIpc) is 2.68. The van der Waals surface area contributed by atoms with Gasteiger partial charge in [-0.25, -0.2) is 0 Å². The summed E-state index contributed by atoms with van der Waals surface area (Å²) in [5, 5.41) is 9.46. The lowest BCUT2D eigenvalue weighted by molar-refractivity contribution is 0.728. The monoisotopic (exact) mass is 282 g/mol. The van der Waals surface area contributed by atoms with Crippen LogP contribution in [0.2, 0.25) is 5.02 Å². The number of aryl methyl sites for hydroxylation is 1. The number of nitrogens with two attached hydrogens (primary N) is 1. The van der Waals surface area contributed by atoms with Gasteiger partial charge in [-0.2, -0.15) is 0 Å². The lowest BCUT2D eigenvalue weighted by Crippen LogP contribution is -2.18. The maximum absolute atomic E-state index is 6.26. The van der Waals surface area contributed by atoms with E-state index in [2.05, 4.69) is 10.2 Å². The molecule has 1 aromatic carbocycles. The third-order valence-electron chi connectivity index (χ3n) is 2.45. The summed E-state index contributed by atoms with van der Waals surface area (Å²) in [5.41, 5.74) is 7.01. The number of hydrogen-bond acceptors (Lipinski definition) is 4. The van der Waals surface area contributed by atoms with Crippen LogP contribution in [0.25, 0.3) is 0 Å². The van der Waals surface area contributed by atoms with E-state index in [1.165, 1.54) is 11.8 Å². The minimum Gasteiger partial charge on any atom is -0.328 e. The summed E-state index contributed by atoms with van der Waals surface area (Å²) in [6, 6.07) is 5.97. The highest BCUT2D eigenvalue weighted by molar-refractivity contribution is 7.99. The Balaban J connectivity index is 2.34. The van der Waals surface area contributed by atoms with Crippen molar-refractivity contribution >= 4 is 23.4 Å². The number of halogens is 1. The van der Waals surface area contributed by atoms with Gasteiger partial charge in [0.15, 0.2) is 5.16 Å². The van der Waals surface area contributed by atoms with Crippen molar-refractivity contribution in [3.63, 3.8) is 0 Å². The van der Waals surface area contributed by atoms with E-state index in [9.17, 15) is 0 Å². The van der Waals surface area contributed by atoms with Gasteiger partial charge in [0, 0.05) is 18.0 Å². The van der Waals surface area contributed by atoms with Crippen LogP contribution >= 0.6 is 23.4 Å². The molecule has 2 rings (SSSR count). The summed E-state index contributed by atoms with van der Waals surface area (Å²) in [4.78, 5) is 1.01. The highest BCUT2D eigenvalue weighted by atomic mass is 35.5. The maximum Gasteiger partial charge on any atom is 0.195 e. The van der Waals surface area contributed by atoms with Crippen molar-refractivity contribution in [3.8, 4) is 0 Å². The Bertz CT molecular complexity index is 539. The third kappa shape index (κ3) is 3.04. The van der Waals surface area contributed by atoms with E-state index in [1.54, 1.807) is 6.33 Å². The molecule has 1 atom stereocenters. The summed E-state index contributed by atoms with van der Waals surface area (Å²) in [6.07, 6.45) is 2.46. The van der Waals surface area contributed by atoms with Crippen LogP contribution in [0.5, 0.6) is 0 Å². The summed E-state index contributed by atoms with van der Waals surface area (Å²) in [7, 11) is 1.91. The second-order valence-electron chi connectivity index (χ2n) is 4.24. The van der Waals surface area contributed by atoms with Crippen molar-refractivity contribution in [1.29, 1.82) is 0 Å². The zero-order valence-electron chi connectivity index (χ0n) is 10.3. The van der Waals surface area contributed by atoms with Gasteiger partial charge in [-0.15, -0.1) is 10.2 Å². The Kier molecular flexibility index (Phi) is 4.27. The molecule has 2 N–H and O–H groups in total. The van der Waals surface area contributed by atoms with Crippen LogP contribution in [-0.2, 0) is 13.5 Å². The molecule has 0 saturated carbocycles. The van der Waals surface area contributed by atoms with E-state index in [0.717, 1.165) is 27.1 Å². The molecule has 0 spiro atoms. The first-order valence-corrected chi connectivity index (χ1v) is 6.82. The molecule has 0 radical (unpaired) electrons. The number of rotatable bonds is 4. The molecule has 6 heteroatoms. The molecule has 0 aliphatic carbocycles. The third-order valence-corrected chi connectivity index (χ3v) is 4.12. The number of nitrogens with zero attached hydrogens (tertiary/aromatic N) is 3. The Morgan fingerprint density at radius 3 is 2.89 bits per heavy atom. The Hall–Kier alpha value is -1.04.